The predicted octanol–water partition coefficient (Wildman–Crippen LogP) is 6.52. The summed E-state index contributed by atoms with van der Waals surface area (Å²) in [6.45, 7) is 15.8. The van der Waals surface area contributed by atoms with Crippen LogP contribution in [0.4, 0.5) is 4.79 Å². The van der Waals surface area contributed by atoms with Gasteiger partial charge in [0.15, 0.2) is 5.79 Å². The molecule has 7 nitrogen and oxygen atoms in total. The minimum atomic E-state index is -2.81. The van der Waals surface area contributed by atoms with Crippen LogP contribution in [0, 0.1) is 0 Å². The first kappa shape index (κ1) is 35.0. The van der Waals surface area contributed by atoms with Crippen molar-refractivity contribution in [1.29, 1.82) is 0 Å². The van der Waals surface area contributed by atoms with Gasteiger partial charge >= 0.3 is 6.09 Å². The molecule has 1 aliphatic heterocycles. The lowest BCUT2D eigenvalue weighted by molar-refractivity contribution is -0.147. The Hall–Kier alpha value is -2.52. The number of carbonyl (C=O) groups is 2. The number of ketones is 1. The summed E-state index contributed by atoms with van der Waals surface area (Å²) in [6, 6.07) is 20.5. The van der Waals surface area contributed by atoms with Crippen LogP contribution in [0.2, 0.25) is 5.04 Å². The Kier molecular flexibility index (Phi) is 12.6. The van der Waals surface area contributed by atoms with Crippen LogP contribution < -0.4 is 15.7 Å². The summed E-state index contributed by atoms with van der Waals surface area (Å²) in [4.78, 5) is 25.8. The van der Waals surface area contributed by atoms with E-state index in [2.05, 4.69) is 74.6 Å². The van der Waals surface area contributed by atoms with Crippen molar-refractivity contribution in [2.24, 2.45) is 0 Å². The summed E-state index contributed by atoms with van der Waals surface area (Å²) in [5, 5.41) is 5.16. The number of Topliss-reactive ketones (excluding diaryl/α,β-unsaturated/α-hetero) is 1. The average Bonchev–Trinajstić information content (AvgIpc) is 3.37. The topological polar surface area (TPSA) is 83.1 Å². The van der Waals surface area contributed by atoms with E-state index in [1.165, 1.54) is 10.4 Å². The summed E-state index contributed by atoms with van der Waals surface area (Å²) in [6.07, 6.45) is 4.45. The monoisotopic (exact) mass is 611 g/mol. The fourth-order valence-electron chi connectivity index (χ4n) is 5.76. The molecule has 1 N–H and O–H groups in total. The van der Waals surface area contributed by atoms with E-state index in [1.807, 2.05) is 39.8 Å². The first-order valence-corrected chi connectivity index (χ1v) is 17.7. The molecule has 0 bridgehead atoms. The van der Waals surface area contributed by atoms with Crippen molar-refractivity contribution in [3.8, 4) is 0 Å². The van der Waals surface area contributed by atoms with Gasteiger partial charge in [-0.15, -0.1) is 0 Å². The highest BCUT2D eigenvalue weighted by atomic mass is 28.4. The quantitative estimate of drug-likeness (QED) is 0.182. The lowest BCUT2D eigenvalue weighted by atomic mass is 10.0. The number of alkyl carbamates (subject to hydrolysis) is 1. The number of rotatable bonds is 15. The zero-order valence-corrected chi connectivity index (χ0v) is 28.4. The first-order valence-electron chi connectivity index (χ1n) is 15.8. The van der Waals surface area contributed by atoms with Gasteiger partial charge < -0.3 is 24.0 Å². The van der Waals surface area contributed by atoms with E-state index in [1.54, 1.807) is 0 Å². The molecular formula is C35H53NO6Si. The fraction of sp³-hybridized carbons (Fsp3) is 0.600. The lowest BCUT2D eigenvalue weighted by Crippen LogP contribution is -2.67. The maximum absolute atomic E-state index is 12.9. The number of carbonyl (C=O) groups excluding carboxylic acids is 2. The molecule has 3 rings (SSSR count). The Morgan fingerprint density at radius 1 is 0.860 bits per heavy atom. The maximum atomic E-state index is 12.9. The van der Waals surface area contributed by atoms with E-state index < -0.39 is 25.8 Å². The van der Waals surface area contributed by atoms with Crippen molar-refractivity contribution in [1.82, 2.24) is 5.32 Å². The Bertz CT molecular complexity index is 1100. The molecular weight excluding hydrogens is 558 g/mol. The molecule has 43 heavy (non-hydrogen) atoms. The Balaban J connectivity index is 1.70. The summed E-state index contributed by atoms with van der Waals surface area (Å²) in [7, 11) is -2.81. The predicted molar refractivity (Wildman–Crippen MR) is 174 cm³/mol. The molecule has 1 atom stereocenters. The van der Waals surface area contributed by atoms with Crippen molar-refractivity contribution < 1.29 is 28.2 Å². The smallest absolute Gasteiger partial charge is 0.407 e. The number of benzene rings is 2. The normalized spacial score (nSPS) is 16.1. The highest BCUT2D eigenvalue weighted by Crippen LogP contribution is 2.37. The van der Waals surface area contributed by atoms with Gasteiger partial charge in [0, 0.05) is 19.3 Å². The van der Waals surface area contributed by atoms with Crippen molar-refractivity contribution in [2.45, 2.75) is 116 Å². The molecule has 0 aliphatic carbocycles. The van der Waals surface area contributed by atoms with E-state index in [0.717, 1.165) is 25.7 Å². The molecule has 238 valence electrons. The molecule has 2 aromatic rings. The van der Waals surface area contributed by atoms with Gasteiger partial charge in [-0.3, -0.25) is 4.79 Å². The second kappa shape index (κ2) is 15.5. The van der Waals surface area contributed by atoms with Crippen molar-refractivity contribution in [2.75, 3.05) is 19.8 Å². The standard InChI is InChI=1S/C35H53NO6Si/c1-33(2,3)42-32(38)36-28(22-23-29(37)17-11-10-16-24-35(7)39-25-26-40-35)27-41-43(34(4,5)6,30-18-12-8-13-19-30)31-20-14-9-15-21-31/h8-9,12-15,18-21,28H,10-11,16-17,22-27H2,1-7H3,(H,36,38)/t28-/m0/s1. The van der Waals surface area contributed by atoms with Crippen LogP contribution in [0.5, 0.6) is 0 Å². The number of unbranched alkanes of at least 4 members (excludes halogenated alkanes) is 2. The van der Waals surface area contributed by atoms with E-state index in [4.69, 9.17) is 18.6 Å². The van der Waals surface area contributed by atoms with E-state index in [0.29, 0.717) is 32.5 Å². The van der Waals surface area contributed by atoms with Crippen LogP contribution in [0.25, 0.3) is 0 Å². The zero-order chi connectivity index (χ0) is 31.6. The van der Waals surface area contributed by atoms with Gasteiger partial charge in [0.1, 0.15) is 11.4 Å². The largest absolute Gasteiger partial charge is 0.444 e. The minimum absolute atomic E-state index is 0.195. The van der Waals surface area contributed by atoms with Gasteiger partial charge in [-0.1, -0.05) is 87.9 Å². The molecule has 0 unspecified atom stereocenters. The van der Waals surface area contributed by atoms with Crippen LogP contribution >= 0.6 is 0 Å². The molecule has 1 amide bonds. The van der Waals surface area contributed by atoms with Gasteiger partial charge in [-0.05, 0) is 62.4 Å². The molecule has 2 aromatic carbocycles. The van der Waals surface area contributed by atoms with Crippen molar-refractivity contribution in [3.05, 3.63) is 60.7 Å². The van der Waals surface area contributed by atoms with Crippen LogP contribution in [-0.4, -0.2) is 57.4 Å². The molecule has 0 saturated carbocycles. The summed E-state index contributed by atoms with van der Waals surface area (Å²) >= 11 is 0. The van der Waals surface area contributed by atoms with E-state index in [9.17, 15) is 9.59 Å². The van der Waals surface area contributed by atoms with Gasteiger partial charge in [-0.25, -0.2) is 4.79 Å². The van der Waals surface area contributed by atoms with Gasteiger partial charge in [0.2, 0.25) is 0 Å². The number of hydrogen-bond acceptors (Lipinski definition) is 6. The maximum Gasteiger partial charge on any atom is 0.407 e. The number of ether oxygens (including phenoxy) is 3. The molecule has 0 aromatic heterocycles. The molecule has 1 saturated heterocycles. The van der Waals surface area contributed by atoms with Gasteiger partial charge in [0.05, 0.1) is 25.9 Å². The zero-order valence-electron chi connectivity index (χ0n) is 27.4. The molecule has 0 spiro atoms. The number of hydrogen-bond donors (Lipinski definition) is 1. The third-order valence-electron chi connectivity index (χ3n) is 7.89. The average molecular weight is 612 g/mol. The summed E-state index contributed by atoms with van der Waals surface area (Å²) in [5.41, 5.74) is -0.630. The van der Waals surface area contributed by atoms with Crippen LogP contribution in [0.15, 0.2) is 60.7 Å². The van der Waals surface area contributed by atoms with Crippen LogP contribution in [0.1, 0.15) is 93.4 Å². The molecule has 1 heterocycles. The lowest BCUT2D eigenvalue weighted by Gasteiger charge is -2.43. The SMILES string of the molecule is CC(C)(C)OC(=O)N[C@@H](CCC(=O)CCCCCC1(C)OCCO1)CO[Si](c1ccccc1)(c1ccccc1)C(C)(C)C. The summed E-state index contributed by atoms with van der Waals surface area (Å²) < 4.78 is 24.0. The Morgan fingerprint density at radius 3 is 1.93 bits per heavy atom. The number of nitrogens with one attached hydrogen (secondary N) is 1. The van der Waals surface area contributed by atoms with Gasteiger partial charge in [0.25, 0.3) is 8.32 Å². The van der Waals surface area contributed by atoms with Gasteiger partial charge in [-0.2, -0.15) is 0 Å². The Labute approximate surface area is 260 Å². The van der Waals surface area contributed by atoms with E-state index >= 15 is 0 Å². The molecule has 0 radical (unpaired) electrons. The molecule has 1 fully saturated rings. The highest BCUT2D eigenvalue weighted by Gasteiger charge is 2.50. The molecule has 8 heteroatoms. The van der Waals surface area contributed by atoms with Crippen molar-refractivity contribution in [3.63, 3.8) is 0 Å². The third kappa shape index (κ3) is 10.6. The highest BCUT2D eigenvalue weighted by molar-refractivity contribution is 6.99. The Morgan fingerprint density at radius 2 is 1.42 bits per heavy atom. The van der Waals surface area contributed by atoms with Crippen molar-refractivity contribution >= 4 is 30.6 Å². The second-order valence-corrected chi connectivity index (χ2v) is 18.1. The van der Waals surface area contributed by atoms with E-state index in [-0.39, 0.29) is 23.5 Å². The fourth-order valence-corrected chi connectivity index (χ4v) is 10.4. The van der Waals surface area contributed by atoms with Crippen LogP contribution in [-0.2, 0) is 23.4 Å². The van der Waals surface area contributed by atoms with Crippen LogP contribution in [0.3, 0.4) is 0 Å². The molecule has 1 aliphatic rings. The third-order valence-corrected chi connectivity index (χ3v) is 12.9. The first-order chi connectivity index (χ1) is 20.2. The second-order valence-electron chi connectivity index (χ2n) is 13.8. The summed E-state index contributed by atoms with van der Waals surface area (Å²) in [5.74, 6) is -0.281. The number of amides is 1. The minimum Gasteiger partial charge on any atom is -0.444 e.